The van der Waals surface area contributed by atoms with E-state index in [-0.39, 0.29) is 18.0 Å². The van der Waals surface area contributed by atoms with Crippen LogP contribution >= 0.6 is 0 Å². The average molecular weight is 294 g/mol. The molecule has 6 heteroatoms. The molecule has 110 valence electrons. The van der Waals surface area contributed by atoms with E-state index in [0.717, 1.165) is 0 Å². The molecule has 0 aliphatic rings. The fraction of sp³-hybridized carbons (Fsp3) is 0.125. The molecule has 0 spiro atoms. The summed E-state index contributed by atoms with van der Waals surface area (Å²) in [5, 5.41) is 3.31. The van der Waals surface area contributed by atoms with Crippen molar-refractivity contribution in [3.05, 3.63) is 70.5 Å². The van der Waals surface area contributed by atoms with Crippen LogP contribution in [0, 0.1) is 0 Å². The van der Waals surface area contributed by atoms with Gasteiger partial charge in [-0.3, -0.25) is 19.1 Å². The number of hydrogen-bond acceptors (Lipinski definition) is 4. The van der Waals surface area contributed by atoms with Crippen molar-refractivity contribution in [3.8, 4) is 0 Å². The van der Waals surface area contributed by atoms with Crippen LogP contribution in [0.5, 0.6) is 0 Å². The van der Waals surface area contributed by atoms with Crippen LogP contribution in [0.25, 0.3) is 10.9 Å². The Morgan fingerprint density at radius 2 is 2.05 bits per heavy atom. The summed E-state index contributed by atoms with van der Waals surface area (Å²) in [5.41, 5.74) is 0.959. The van der Waals surface area contributed by atoms with E-state index in [1.54, 1.807) is 43.6 Å². The van der Waals surface area contributed by atoms with E-state index in [2.05, 4.69) is 15.3 Å². The lowest BCUT2D eigenvalue weighted by Crippen LogP contribution is -2.29. The summed E-state index contributed by atoms with van der Waals surface area (Å²) < 4.78 is 1.45. The van der Waals surface area contributed by atoms with E-state index >= 15 is 0 Å². The number of benzene rings is 1. The lowest BCUT2D eigenvalue weighted by atomic mass is 10.2. The van der Waals surface area contributed by atoms with E-state index in [4.69, 9.17) is 0 Å². The first-order chi connectivity index (χ1) is 10.7. The van der Waals surface area contributed by atoms with Gasteiger partial charge in [0.25, 0.3) is 11.5 Å². The van der Waals surface area contributed by atoms with Crippen LogP contribution in [-0.4, -0.2) is 20.4 Å². The Balaban J connectivity index is 1.87. The first-order valence-corrected chi connectivity index (χ1v) is 6.79. The summed E-state index contributed by atoms with van der Waals surface area (Å²) in [7, 11) is 1.65. The van der Waals surface area contributed by atoms with Crippen molar-refractivity contribution in [2.45, 2.75) is 6.54 Å². The maximum absolute atomic E-state index is 12.3. The van der Waals surface area contributed by atoms with E-state index in [1.165, 1.54) is 10.8 Å². The molecule has 0 saturated carbocycles. The molecular weight excluding hydrogens is 280 g/mol. The largest absolute Gasteiger partial charge is 0.345 e. The van der Waals surface area contributed by atoms with Crippen molar-refractivity contribution in [1.82, 2.24) is 19.9 Å². The van der Waals surface area contributed by atoms with Crippen LogP contribution in [0.1, 0.15) is 16.2 Å². The minimum atomic E-state index is -0.254. The van der Waals surface area contributed by atoms with E-state index in [0.29, 0.717) is 22.3 Å². The zero-order valence-electron chi connectivity index (χ0n) is 12.0. The van der Waals surface area contributed by atoms with Gasteiger partial charge in [0, 0.05) is 19.4 Å². The minimum absolute atomic E-state index is 0.128. The van der Waals surface area contributed by atoms with E-state index < -0.39 is 0 Å². The summed E-state index contributed by atoms with van der Waals surface area (Å²) in [4.78, 5) is 32.6. The lowest BCUT2D eigenvalue weighted by Gasteiger charge is -2.10. The second-order valence-electron chi connectivity index (χ2n) is 4.83. The highest BCUT2D eigenvalue weighted by molar-refractivity contribution is 5.93. The third-order valence-electron chi connectivity index (χ3n) is 3.41. The molecule has 3 aromatic rings. The molecule has 1 N–H and O–H groups in total. The SMILES string of the molecule is Cn1c(CNC(=O)c2cccnc2)nc2ccccc2c1=O. The van der Waals surface area contributed by atoms with E-state index in [1.807, 2.05) is 6.07 Å². The molecule has 2 heterocycles. The number of para-hydroxylation sites is 1. The van der Waals surface area contributed by atoms with Gasteiger partial charge in [-0.25, -0.2) is 4.98 Å². The van der Waals surface area contributed by atoms with Crippen LogP contribution in [0.15, 0.2) is 53.6 Å². The fourth-order valence-electron chi connectivity index (χ4n) is 2.18. The number of rotatable bonds is 3. The van der Waals surface area contributed by atoms with Crippen molar-refractivity contribution < 1.29 is 4.79 Å². The maximum Gasteiger partial charge on any atom is 0.261 e. The van der Waals surface area contributed by atoms with Crippen LogP contribution in [0.4, 0.5) is 0 Å². The van der Waals surface area contributed by atoms with Gasteiger partial charge < -0.3 is 5.32 Å². The van der Waals surface area contributed by atoms with Crippen molar-refractivity contribution in [1.29, 1.82) is 0 Å². The zero-order valence-corrected chi connectivity index (χ0v) is 12.0. The monoisotopic (exact) mass is 294 g/mol. The smallest absolute Gasteiger partial charge is 0.261 e. The quantitative estimate of drug-likeness (QED) is 0.789. The normalized spacial score (nSPS) is 10.6. The van der Waals surface area contributed by atoms with Gasteiger partial charge in [0.15, 0.2) is 0 Å². The van der Waals surface area contributed by atoms with Gasteiger partial charge in [-0.1, -0.05) is 12.1 Å². The Hall–Kier alpha value is -3.02. The molecule has 22 heavy (non-hydrogen) atoms. The summed E-state index contributed by atoms with van der Waals surface area (Å²) in [6.45, 7) is 0.171. The lowest BCUT2D eigenvalue weighted by molar-refractivity contribution is 0.0949. The Bertz CT molecular complexity index is 888. The van der Waals surface area contributed by atoms with Gasteiger partial charge in [-0.05, 0) is 24.3 Å². The van der Waals surface area contributed by atoms with Gasteiger partial charge in [0.05, 0.1) is 23.0 Å². The van der Waals surface area contributed by atoms with Crippen LogP contribution in [0.2, 0.25) is 0 Å². The minimum Gasteiger partial charge on any atom is -0.345 e. The number of carbonyl (C=O) groups is 1. The van der Waals surface area contributed by atoms with Crippen LogP contribution in [-0.2, 0) is 13.6 Å². The van der Waals surface area contributed by atoms with Crippen LogP contribution < -0.4 is 10.9 Å². The summed E-state index contributed by atoms with van der Waals surface area (Å²) in [5.74, 6) is 0.247. The van der Waals surface area contributed by atoms with Crippen LogP contribution in [0.3, 0.4) is 0 Å². The standard InChI is InChI=1S/C16H14N4O2/c1-20-14(10-18-15(21)11-5-4-8-17-9-11)19-13-7-3-2-6-12(13)16(20)22/h2-9H,10H2,1H3,(H,18,21). The first-order valence-electron chi connectivity index (χ1n) is 6.79. The number of hydrogen-bond donors (Lipinski definition) is 1. The molecule has 1 aromatic carbocycles. The number of pyridine rings is 1. The molecule has 0 aliphatic heterocycles. The van der Waals surface area contributed by atoms with Gasteiger partial charge in [0.2, 0.25) is 0 Å². The maximum atomic E-state index is 12.3. The summed E-state index contributed by atoms with van der Waals surface area (Å²) in [6, 6.07) is 10.5. The third-order valence-corrected chi connectivity index (χ3v) is 3.41. The second-order valence-corrected chi connectivity index (χ2v) is 4.83. The zero-order chi connectivity index (χ0) is 15.5. The molecule has 0 fully saturated rings. The van der Waals surface area contributed by atoms with Crippen molar-refractivity contribution >= 4 is 16.8 Å². The predicted molar refractivity (Wildman–Crippen MR) is 82.4 cm³/mol. The molecule has 0 atom stereocenters. The number of carbonyl (C=O) groups excluding carboxylic acids is 1. The predicted octanol–water partition coefficient (Wildman–Crippen LogP) is 1.26. The second kappa shape index (κ2) is 5.77. The van der Waals surface area contributed by atoms with Crippen molar-refractivity contribution in [2.75, 3.05) is 0 Å². The molecule has 0 aliphatic carbocycles. The van der Waals surface area contributed by atoms with Crippen molar-refractivity contribution in [3.63, 3.8) is 0 Å². The molecular formula is C16H14N4O2. The number of amides is 1. The van der Waals surface area contributed by atoms with Gasteiger partial charge in [0.1, 0.15) is 5.82 Å². The molecule has 0 saturated heterocycles. The van der Waals surface area contributed by atoms with Gasteiger partial charge in [-0.15, -0.1) is 0 Å². The molecule has 0 bridgehead atoms. The van der Waals surface area contributed by atoms with Crippen molar-refractivity contribution in [2.24, 2.45) is 7.05 Å². The fourth-order valence-corrected chi connectivity index (χ4v) is 2.18. The van der Waals surface area contributed by atoms with Gasteiger partial charge in [-0.2, -0.15) is 0 Å². The molecule has 3 rings (SSSR count). The number of aromatic nitrogens is 3. The average Bonchev–Trinajstić information content (AvgIpc) is 2.57. The number of fused-ring (bicyclic) bond motifs is 1. The third kappa shape index (κ3) is 2.58. The molecule has 1 amide bonds. The molecule has 0 radical (unpaired) electrons. The molecule has 2 aromatic heterocycles. The number of nitrogens with one attached hydrogen (secondary N) is 1. The molecule has 6 nitrogen and oxygen atoms in total. The van der Waals surface area contributed by atoms with E-state index in [9.17, 15) is 9.59 Å². The summed E-state index contributed by atoms with van der Waals surface area (Å²) >= 11 is 0. The summed E-state index contributed by atoms with van der Waals surface area (Å²) in [6.07, 6.45) is 3.09. The molecule has 0 unspecified atom stereocenters. The Morgan fingerprint density at radius 1 is 1.23 bits per heavy atom. The highest BCUT2D eigenvalue weighted by Gasteiger charge is 2.10. The highest BCUT2D eigenvalue weighted by atomic mass is 16.1. The highest BCUT2D eigenvalue weighted by Crippen LogP contribution is 2.07. The van der Waals surface area contributed by atoms with Gasteiger partial charge >= 0.3 is 0 Å². The Morgan fingerprint density at radius 3 is 2.82 bits per heavy atom. The first kappa shape index (κ1) is 13.9. The Kier molecular flexibility index (Phi) is 3.65. The Labute approximate surface area is 126 Å². The number of nitrogens with zero attached hydrogens (tertiary/aromatic N) is 3. The topological polar surface area (TPSA) is 76.9 Å².